The van der Waals surface area contributed by atoms with Crippen molar-refractivity contribution >= 4 is 5.91 Å². The van der Waals surface area contributed by atoms with Crippen LogP contribution in [0.25, 0.3) is 0 Å². The van der Waals surface area contributed by atoms with Crippen molar-refractivity contribution in [2.24, 2.45) is 0 Å². The van der Waals surface area contributed by atoms with Gasteiger partial charge < -0.3 is 9.64 Å². The molecule has 1 aromatic heterocycles. The molecule has 1 aliphatic heterocycles. The highest BCUT2D eigenvalue weighted by atomic mass is 16.5. The van der Waals surface area contributed by atoms with Gasteiger partial charge in [-0.1, -0.05) is 6.08 Å². The smallest absolute Gasteiger partial charge is 0.246 e. The lowest BCUT2D eigenvalue weighted by molar-refractivity contribution is -0.128. The number of hydrogen-bond donors (Lipinski definition) is 0. The summed E-state index contributed by atoms with van der Waals surface area (Å²) >= 11 is 0. The summed E-state index contributed by atoms with van der Waals surface area (Å²) < 4.78 is 5.72. The van der Waals surface area contributed by atoms with Gasteiger partial charge in [0.2, 0.25) is 11.8 Å². The van der Waals surface area contributed by atoms with E-state index >= 15 is 0 Å². The Balaban J connectivity index is 1.93. The molecule has 1 saturated heterocycles. The number of likely N-dealkylation sites (tertiary alicyclic amines) is 1. The number of rotatable bonds is 3. The van der Waals surface area contributed by atoms with Crippen LogP contribution in [0.4, 0.5) is 0 Å². The molecule has 1 amide bonds. The van der Waals surface area contributed by atoms with Gasteiger partial charge in [-0.05, 0) is 31.9 Å². The second-order valence-electron chi connectivity index (χ2n) is 4.23. The Hall–Kier alpha value is -1.91. The monoisotopic (exact) mass is 247 g/mol. The number of hydrogen-bond acceptors (Lipinski definition) is 4. The van der Waals surface area contributed by atoms with Crippen LogP contribution >= 0.6 is 0 Å². The molecule has 1 fully saturated rings. The van der Waals surface area contributed by atoms with E-state index in [2.05, 4.69) is 10.2 Å². The van der Waals surface area contributed by atoms with Gasteiger partial charge in [0.15, 0.2) is 0 Å². The molecule has 0 aliphatic carbocycles. The van der Waals surface area contributed by atoms with Crippen molar-refractivity contribution in [3.63, 3.8) is 0 Å². The fourth-order valence-corrected chi connectivity index (χ4v) is 2.00. The molecule has 5 heteroatoms. The Morgan fingerprint density at radius 3 is 3.22 bits per heavy atom. The average molecular weight is 247 g/mol. The minimum absolute atomic E-state index is 0.00431. The standard InChI is InChI=1S/C13H17N3O2/c1-2-5-13(17)16-9-4-6-11(10-16)18-12-7-3-8-14-15-12/h2-3,5,7-8,11H,4,6,9-10H2,1H3/b5-2+. The first-order valence-electron chi connectivity index (χ1n) is 6.15. The molecule has 18 heavy (non-hydrogen) atoms. The fraction of sp³-hybridized carbons (Fsp3) is 0.462. The van der Waals surface area contributed by atoms with Gasteiger partial charge in [-0.15, -0.1) is 5.10 Å². The van der Waals surface area contributed by atoms with Gasteiger partial charge in [-0.2, -0.15) is 5.10 Å². The van der Waals surface area contributed by atoms with Crippen molar-refractivity contribution in [3.05, 3.63) is 30.5 Å². The third-order valence-electron chi connectivity index (χ3n) is 2.83. The molecule has 2 rings (SSSR count). The fourth-order valence-electron chi connectivity index (χ4n) is 2.00. The second kappa shape index (κ2) is 6.14. The molecule has 0 radical (unpaired) electrons. The highest BCUT2D eigenvalue weighted by molar-refractivity contribution is 5.87. The Labute approximate surface area is 106 Å². The van der Waals surface area contributed by atoms with E-state index in [1.807, 2.05) is 11.8 Å². The minimum Gasteiger partial charge on any atom is -0.471 e. The van der Waals surface area contributed by atoms with Crippen LogP contribution in [-0.4, -0.2) is 40.2 Å². The first kappa shape index (κ1) is 12.5. The van der Waals surface area contributed by atoms with Gasteiger partial charge >= 0.3 is 0 Å². The van der Waals surface area contributed by atoms with Crippen LogP contribution in [0.15, 0.2) is 30.5 Å². The van der Waals surface area contributed by atoms with Gasteiger partial charge in [-0.3, -0.25) is 4.79 Å². The Morgan fingerprint density at radius 2 is 2.50 bits per heavy atom. The Morgan fingerprint density at radius 1 is 1.61 bits per heavy atom. The molecule has 0 saturated carbocycles. The summed E-state index contributed by atoms with van der Waals surface area (Å²) in [5.41, 5.74) is 0. The third-order valence-corrected chi connectivity index (χ3v) is 2.83. The average Bonchev–Trinajstić information content (AvgIpc) is 2.40. The molecule has 1 atom stereocenters. The predicted octanol–water partition coefficient (Wildman–Crippen LogP) is 1.42. The summed E-state index contributed by atoms with van der Waals surface area (Å²) in [5.74, 6) is 0.563. The normalized spacial score (nSPS) is 20.1. The second-order valence-corrected chi connectivity index (χ2v) is 4.23. The molecule has 1 unspecified atom stereocenters. The molecule has 0 aromatic carbocycles. The maximum atomic E-state index is 11.8. The lowest BCUT2D eigenvalue weighted by Gasteiger charge is -2.31. The van der Waals surface area contributed by atoms with Crippen LogP contribution in [0, 0.1) is 0 Å². The van der Waals surface area contributed by atoms with Crippen molar-refractivity contribution in [3.8, 4) is 5.88 Å². The molecule has 0 spiro atoms. The van der Waals surface area contributed by atoms with Crippen LogP contribution in [0.2, 0.25) is 0 Å². The number of aromatic nitrogens is 2. The van der Waals surface area contributed by atoms with Gasteiger partial charge in [0.05, 0.1) is 6.54 Å². The molecular weight excluding hydrogens is 230 g/mol. The summed E-state index contributed by atoms with van der Waals surface area (Å²) in [5, 5.41) is 7.66. The van der Waals surface area contributed by atoms with Crippen LogP contribution in [0.3, 0.4) is 0 Å². The van der Waals surface area contributed by atoms with Gasteiger partial charge in [0, 0.05) is 18.8 Å². The number of piperidine rings is 1. The maximum absolute atomic E-state index is 11.8. The van der Waals surface area contributed by atoms with Crippen molar-refractivity contribution in [2.45, 2.75) is 25.9 Å². The largest absolute Gasteiger partial charge is 0.471 e. The minimum atomic E-state index is 0.00431. The van der Waals surface area contributed by atoms with E-state index in [9.17, 15) is 4.79 Å². The number of allylic oxidation sites excluding steroid dienone is 1. The van der Waals surface area contributed by atoms with E-state index < -0.39 is 0 Å². The molecule has 0 bridgehead atoms. The van der Waals surface area contributed by atoms with Crippen molar-refractivity contribution in [1.29, 1.82) is 0 Å². The summed E-state index contributed by atoms with van der Waals surface area (Å²) in [6, 6.07) is 3.56. The zero-order valence-electron chi connectivity index (χ0n) is 10.5. The van der Waals surface area contributed by atoms with E-state index in [1.165, 1.54) is 0 Å². The molecule has 0 N–H and O–H groups in total. The van der Waals surface area contributed by atoms with E-state index in [0.717, 1.165) is 19.4 Å². The zero-order chi connectivity index (χ0) is 12.8. The van der Waals surface area contributed by atoms with Gasteiger partial charge in [0.1, 0.15) is 6.10 Å². The van der Waals surface area contributed by atoms with Crippen LogP contribution in [0.1, 0.15) is 19.8 Å². The highest BCUT2D eigenvalue weighted by Crippen LogP contribution is 2.16. The highest BCUT2D eigenvalue weighted by Gasteiger charge is 2.23. The van der Waals surface area contributed by atoms with Crippen molar-refractivity contribution < 1.29 is 9.53 Å². The third kappa shape index (κ3) is 3.29. The molecule has 1 aliphatic rings. The lowest BCUT2D eigenvalue weighted by atomic mass is 10.1. The Kier molecular flexibility index (Phi) is 4.28. The van der Waals surface area contributed by atoms with E-state index in [-0.39, 0.29) is 12.0 Å². The number of amides is 1. The Bertz CT molecular complexity index is 420. The first-order chi connectivity index (χ1) is 8.79. The molecule has 1 aromatic rings. The van der Waals surface area contributed by atoms with E-state index in [4.69, 9.17) is 4.74 Å². The summed E-state index contributed by atoms with van der Waals surface area (Å²) in [6.07, 6.45) is 6.85. The number of ether oxygens (including phenoxy) is 1. The summed E-state index contributed by atoms with van der Waals surface area (Å²) in [6.45, 7) is 3.25. The van der Waals surface area contributed by atoms with E-state index in [0.29, 0.717) is 12.4 Å². The van der Waals surface area contributed by atoms with Crippen molar-refractivity contribution in [1.82, 2.24) is 15.1 Å². The van der Waals surface area contributed by atoms with Crippen LogP contribution < -0.4 is 4.74 Å². The van der Waals surface area contributed by atoms with Gasteiger partial charge in [-0.25, -0.2) is 0 Å². The molecule has 96 valence electrons. The summed E-state index contributed by atoms with van der Waals surface area (Å²) in [7, 11) is 0. The maximum Gasteiger partial charge on any atom is 0.246 e. The summed E-state index contributed by atoms with van der Waals surface area (Å²) in [4.78, 5) is 13.6. The molecular formula is C13H17N3O2. The van der Waals surface area contributed by atoms with Crippen LogP contribution in [-0.2, 0) is 4.79 Å². The van der Waals surface area contributed by atoms with E-state index in [1.54, 1.807) is 30.5 Å². The van der Waals surface area contributed by atoms with Gasteiger partial charge in [0.25, 0.3) is 0 Å². The molecule has 5 nitrogen and oxygen atoms in total. The number of carbonyl (C=O) groups is 1. The first-order valence-corrected chi connectivity index (χ1v) is 6.15. The molecule has 2 heterocycles. The zero-order valence-corrected chi connectivity index (χ0v) is 10.5. The topological polar surface area (TPSA) is 55.3 Å². The lowest BCUT2D eigenvalue weighted by Crippen LogP contribution is -2.43. The quantitative estimate of drug-likeness (QED) is 0.758. The number of nitrogens with zero attached hydrogens (tertiary/aromatic N) is 3. The van der Waals surface area contributed by atoms with Crippen molar-refractivity contribution in [2.75, 3.05) is 13.1 Å². The number of carbonyl (C=O) groups excluding carboxylic acids is 1. The predicted molar refractivity (Wildman–Crippen MR) is 67.1 cm³/mol. The van der Waals surface area contributed by atoms with Crippen LogP contribution in [0.5, 0.6) is 5.88 Å². The SMILES string of the molecule is C/C=C/C(=O)N1CCCC(Oc2cccnn2)C1.